The van der Waals surface area contributed by atoms with Crippen LogP contribution in [0.2, 0.25) is 5.02 Å². The van der Waals surface area contributed by atoms with E-state index in [4.69, 9.17) is 16.7 Å². The van der Waals surface area contributed by atoms with Crippen LogP contribution in [0.15, 0.2) is 24.3 Å². The molecule has 6 heteroatoms. The molecule has 1 aromatic carbocycles. The quantitative estimate of drug-likeness (QED) is 0.761. The molecular formula is C14H19ClN2O3. The highest BCUT2D eigenvalue weighted by molar-refractivity contribution is 6.30. The molecule has 1 amide bonds. The monoisotopic (exact) mass is 298 g/mol. The summed E-state index contributed by atoms with van der Waals surface area (Å²) in [6, 6.07) is 7.00. The lowest BCUT2D eigenvalue weighted by Crippen LogP contribution is -2.37. The Balaban J connectivity index is 1.76. The second-order valence-corrected chi connectivity index (χ2v) is 5.65. The van der Waals surface area contributed by atoms with E-state index >= 15 is 0 Å². The van der Waals surface area contributed by atoms with Gasteiger partial charge in [0.2, 0.25) is 5.91 Å². The van der Waals surface area contributed by atoms with Crippen LogP contribution in [-0.2, 0) is 4.79 Å². The number of hydrogen-bond acceptors (Lipinski definition) is 4. The van der Waals surface area contributed by atoms with Gasteiger partial charge in [-0.3, -0.25) is 9.69 Å². The van der Waals surface area contributed by atoms with Gasteiger partial charge in [0.25, 0.3) is 0 Å². The van der Waals surface area contributed by atoms with Crippen molar-refractivity contribution in [3.8, 4) is 0 Å². The fraction of sp³-hybridized carbons (Fsp3) is 0.500. The van der Waals surface area contributed by atoms with Crippen molar-refractivity contribution < 1.29 is 15.0 Å². The summed E-state index contributed by atoms with van der Waals surface area (Å²) >= 11 is 5.85. The first-order valence-corrected chi connectivity index (χ1v) is 7.00. The summed E-state index contributed by atoms with van der Waals surface area (Å²) in [5.41, 5.74) is -0.334. The molecule has 2 rings (SSSR count). The van der Waals surface area contributed by atoms with Crippen LogP contribution in [0.25, 0.3) is 0 Å². The summed E-state index contributed by atoms with van der Waals surface area (Å²) in [5, 5.41) is 22.3. The van der Waals surface area contributed by atoms with Gasteiger partial charge in [-0.2, -0.15) is 0 Å². The molecule has 0 aliphatic carbocycles. The number of nitrogens with zero attached hydrogens (tertiary/aromatic N) is 1. The second-order valence-electron chi connectivity index (χ2n) is 5.22. The van der Waals surface area contributed by atoms with Gasteiger partial charge in [0, 0.05) is 36.8 Å². The molecular weight excluding hydrogens is 280 g/mol. The van der Waals surface area contributed by atoms with Crippen molar-refractivity contribution in [1.29, 1.82) is 0 Å². The number of aliphatic hydroxyl groups excluding tert-OH is 1. The number of aliphatic hydroxyl groups is 2. The molecule has 1 aliphatic rings. The minimum absolute atomic E-state index is 0.0910. The number of nitrogens with one attached hydrogen (secondary N) is 1. The van der Waals surface area contributed by atoms with Crippen LogP contribution in [0.4, 0.5) is 5.69 Å². The number of carbonyl (C=O) groups is 1. The second kappa shape index (κ2) is 6.54. The average molecular weight is 299 g/mol. The number of amides is 1. The lowest BCUT2D eigenvalue weighted by Gasteiger charge is -2.20. The topological polar surface area (TPSA) is 72.8 Å². The maximum Gasteiger partial charge on any atom is 0.225 e. The standard InChI is InChI=1S/C14H19ClN2O3/c15-11-2-1-3-12(8-11)16-13(19)4-6-17-7-5-14(20,9-17)10-18/h1-3,8,18,20H,4-7,9-10H2,(H,16,19)/t14-/m1/s1. The predicted octanol–water partition coefficient (Wildman–Crippen LogP) is 1.10. The van der Waals surface area contributed by atoms with E-state index in [-0.39, 0.29) is 12.5 Å². The molecule has 0 aromatic heterocycles. The predicted molar refractivity (Wildman–Crippen MR) is 77.8 cm³/mol. The summed E-state index contributed by atoms with van der Waals surface area (Å²) in [4.78, 5) is 13.8. The van der Waals surface area contributed by atoms with Gasteiger partial charge in [-0.05, 0) is 24.6 Å². The largest absolute Gasteiger partial charge is 0.393 e. The Morgan fingerprint density at radius 2 is 2.30 bits per heavy atom. The van der Waals surface area contributed by atoms with Crippen LogP contribution in [0.5, 0.6) is 0 Å². The molecule has 0 radical (unpaired) electrons. The summed E-state index contributed by atoms with van der Waals surface area (Å²) in [6.07, 6.45) is 0.882. The minimum atomic E-state index is -1.01. The third-order valence-electron chi connectivity index (χ3n) is 3.47. The lowest BCUT2D eigenvalue weighted by molar-refractivity contribution is -0.116. The third-order valence-corrected chi connectivity index (χ3v) is 3.70. The molecule has 1 aliphatic heterocycles. The van der Waals surface area contributed by atoms with Gasteiger partial charge in [0.05, 0.1) is 6.61 Å². The lowest BCUT2D eigenvalue weighted by atomic mass is 10.1. The van der Waals surface area contributed by atoms with Crippen LogP contribution in [0.1, 0.15) is 12.8 Å². The molecule has 1 atom stereocenters. The Morgan fingerprint density at radius 1 is 1.50 bits per heavy atom. The molecule has 0 saturated carbocycles. The summed E-state index contributed by atoms with van der Waals surface area (Å²) in [5.74, 6) is -0.0910. The Labute approximate surface area is 123 Å². The fourth-order valence-electron chi connectivity index (χ4n) is 2.31. The van der Waals surface area contributed by atoms with Crippen molar-refractivity contribution in [2.45, 2.75) is 18.4 Å². The van der Waals surface area contributed by atoms with E-state index in [9.17, 15) is 9.90 Å². The van der Waals surface area contributed by atoms with Crippen molar-refractivity contribution in [2.75, 3.05) is 31.6 Å². The summed E-state index contributed by atoms with van der Waals surface area (Å²) < 4.78 is 0. The highest BCUT2D eigenvalue weighted by Crippen LogP contribution is 2.20. The van der Waals surface area contributed by atoms with Crippen molar-refractivity contribution in [2.24, 2.45) is 0 Å². The molecule has 1 saturated heterocycles. The average Bonchev–Trinajstić information content (AvgIpc) is 2.79. The van der Waals surface area contributed by atoms with E-state index in [1.54, 1.807) is 24.3 Å². The van der Waals surface area contributed by atoms with E-state index < -0.39 is 5.60 Å². The number of benzene rings is 1. The number of β-amino-alcohol motifs (C(OH)–C–C–N with tert-alkyl or cyclic N) is 1. The van der Waals surface area contributed by atoms with Crippen molar-refractivity contribution in [3.63, 3.8) is 0 Å². The van der Waals surface area contributed by atoms with E-state index in [1.807, 2.05) is 4.90 Å². The van der Waals surface area contributed by atoms with Crippen molar-refractivity contribution in [3.05, 3.63) is 29.3 Å². The Bertz CT molecular complexity index is 483. The van der Waals surface area contributed by atoms with Crippen LogP contribution >= 0.6 is 11.6 Å². The zero-order chi connectivity index (χ0) is 14.6. The zero-order valence-electron chi connectivity index (χ0n) is 11.2. The van der Waals surface area contributed by atoms with Crippen LogP contribution in [0, 0.1) is 0 Å². The number of carbonyl (C=O) groups excluding carboxylic acids is 1. The highest BCUT2D eigenvalue weighted by Gasteiger charge is 2.35. The van der Waals surface area contributed by atoms with Crippen LogP contribution in [-0.4, -0.2) is 52.9 Å². The van der Waals surface area contributed by atoms with Gasteiger partial charge in [0.15, 0.2) is 0 Å². The summed E-state index contributed by atoms with van der Waals surface area (Å²) in [7, 11) is 0. The maximum atomic E-state index is 11.8. The highest BCUT2D eigenvalue weighted by atomic mass is 35.5. The molecule has 0 bridgehead atoms. The number of anilines is 1. The van der Waals surface area contributed by atoms with Gasteiger partial charge < -0.3 is 15.5 Å². The fourth-order valence-corrected chi connectivity index (χ4v) is 2.50. The first kappa shape index (κ1) is 15.3. The van der Waals surface area contributed by atoms with Crippen LogP contribution in [0.3, 0.4) is 0 Å². The molecule has 20 heavy (non-hydrogen) atoms. The van der Waals surface area contributed by atoms with Crippen molar-refractivity contribution in [1.82, 2.24) is 4.90 Å². The van der Waals surface area contributed by atoms with Gasteiger partial charge in [-0.15, -0.1) is 0 Å². The van der Waals surface area contributed by atoms with Gasteiger partial charge in [-0.25, -0.2) is 0 Å². The molecule has 110 valence electrons. The first-order chi connectivity index (χ1) is 9.50. The maximum absolute atomic E-state index is 11.8. The van der Waals surface area contributed by atoms with Gasteiger partial charge in [-0.1, -0.05) is 17.7 Å². The molecule has 1 aromatic rings. The number of likely N-dealkylation sites (tertiary alicyclic amines) is 1. The molecule has 0 spiro atoms. The number of hydrogen-bond donors (Lipinski definition) is 3. The normalized spacial score (nSPS) is 22.9. The number of halogens is 1. The van der Waals surface area contributed by atoms with E-state index in [0.29, 0.717) is 43.2 Å². The zero-order valence-corrected chi connectivity index (χ0v) is 11.9. The Morgan fingerprint density at radius 3 is 2.95 bits per heavy atom. The number of rotatable bonds is 5. The van der Waals surface area contributed by atoms with Gasteiger partial charge in [0.1, 0.15) is 5.60 Å². The third kappa shape index (κ3) is 4.18. The molecule has 3 N–H and O–H groups in total. The Hall–Kier alpha value is -1.14. The first-order valence-electron chi connectivity index (χ1n) is 6.62. The van der Waals surface area contributed by atoms with E-state index in [0.717, 1.165) is 0 Å². The molecule has 0 unspecified atom stereocenters. The molecule has 1 heterocycles. The van der Waals surface area contributed by atoms with Crippen molar-refractivity contribution >= 4 is 23.2 Å². The summed E-state index contributed by atoms with van der Waals surface area (Å²) in [6.45, 7) is 1.43. The van der Waals surface area contributed by atoms with E-state index in [1.165, 1.54) is 0 Å². The van der Waals surface area contributed by atoms with Gasteiger partial charge >= 0.3 is 0 Å². The van der Waals surface area contributed by atoms with Crippen LogP contribution < -0.4 is 5.32 Å². The van der Waals surface area contributed by atoms with E-state index in [2.05, 4.69) is 5.32 Å². The molecule has 5 nitrogen and oxygen atoms in total. The molecule has 1 fully saturated rings. The SMILES string of the molecule is O=C(CCN1CC[C@](O)(CO)C1)Nc1cccc(Cl)c1. The smallest absolute Gasteiger partial charge is 0.225 e. The minimum Gasteiger partial charge on any atom is -0.393 e. The Kier molecular flexibility index (Phi) is 4.99.